The van der Waals surface area contributed by atoms with Crippen molar-refractivity contribution in [1.82, 2.24) is 24.4 Å². The summed E-state index contributed by atoms with van der Waals surface area (Å²) in [5.41, 5.74) is 4.60. The van der Waals surface area contributed by atoms with E-state index in [1.165, 1.54) is 19.3 Å². The molecule has 0 spiro atoms. The molecule has 136 valence electrons. The molecule has 0 aliphatic heterocycles. The van der Waals surface area contributed by atoms with E-state index in [-0.39, 0.29) is 11.6 Å². The molecule has 1 fully saturated rings. The van der Waals surface area contributed by atoms with Gasteiger partial charge >= 0.3 is 0 Å². The zero-order valence-electron chi connectivity index (χ0n) is 15.3. The Hall–Kier alpha value is -3.02. The smallest absolute Gasteiger partial charge is 0.280 e. The van der Waals surface area contributed by atoms with Crippen LogP contribution in [0.5, 0.6) is 0 Å². The SMILES string of the molecule is Cc1nn2c(nnc3c(=O)n(C4CCCCC4)ccc32)c1-c1ccccc1. The molecule has 1 aromatic carbocycles. The van der Waals surface area contributed by atoms with Crippen LogP contribution in [-0.2, 0) is 0 Å². The molecule has 0 N–H and O–H groups in total. The Morgan fingerprint density at radius 3 is 2.56 bits per heavy atom. The minimum absolute atomic E-state index is 0.0665. The first-order chi connectivity index (χ1) is 13.2. The number of nitrogens with zero attached hydrogens (tertiary/aromatic N) is 5. The fourth-order valence-corrected chi connectivity index (χ4v) is 4.26. The normalized spacial score (nSPS) is 15.6. The first-order valence-corrected chi connectivity index (χ1v) is 9.56. The molecule has 3 heterocycles. The van der Waals surface area contributed by atoms with E-state index in [0.29, 0.717) is 16.7 Å². The summed E-state index contributed by atoms with van der Waals surface area (Å²) >= 11 is 0. The fourth-order valence-electron chi connectivity index (χ4n) is 4.26. The predicted octanol–water partition coefficient (Wildman–Crippen LogP) is 3.92. The molecule has 27 heavy (non-hydrogen) atoms. The average Bonchev–Trinajstić information content (AvgIpc) is 3.06. The van der Waals surface area contributed by atoms with Crippen molar-refractivity contribution in [2.75, 3.05) is 0 Å². The summed E-state index contributed by atoms with van der Waals surface area (Å²) < 4.78 is 3.60. The van der Waals surface area contributed by atoms with Crippen LogP contribution in [0.3, 0.4) is 0 Å². The second kappa shape index (κ2) is 6.30. The Morgan fingerprint density at radius 1 is 1.00 bits per heavy atom. The molecule has 0 saturated heterocycles. The summed E-state index contributed by atoms with van der Waals surface area (Å²) in [6, 6.07) is 12.3. The van der Waals surface area contributed by atoms with Crippen molar-refractivity contribution in [3.63, 3.8) is 0 Å². The molecule has 0 bridgehead atoms. The minimum Gasteiger partial charge on any atom is -0.310 e. The van der Waals surface area contributed by atoms with Crippen molar-refractivity contribution in [3.05, 3.63) is 58.6 Å². The van der Waals surface area contributed by atoms with E-state index in [9.17, 15) is 4.79 Å². The summed E-state index contributed by atoms with van der Waals surface area (Å²) in [7, 11) is 0. The van der Waals surface area contributed by atoms with Crippen molar-refractivity contribution in [2.24, 2.45) is 0 Å². The predicted molar refractivity (Wildman–Crippen MR) is 105 cm³/mol. The number of hydrogen-bond acceptors (Lipinski definition) is 4. The zero-order valence-corrected chi connectivity index (χ0v) is 15.3. The lowest BCUT2D eigenvalue weighted by molar-refractivity contribution is 0.347. The van der Waals surface area contributed by atoms with Gasteiger partial charge in [0, 0.05) is 12.2 Å². The monoisotopic (exact) mass is 359 g/mol. The summed E-state index contributed by atoms with van der Waals surface area (Å²) in [5, 5.41) is 13.4. The Bertz CT molecular complexity index is 1190. The number of aromatic nitrogens is 5. The van der Waals surface area contributed by atoms with Crippen LogP contribution < -0.4 is 5.56 Å². The average molecular weight is 359 g/mol. The van der Waals surface area contributed by atoms with Crippen LogP contribution in [0.15, 0.2) is 47.4 Å². The molecule has 4 aromatic rings. The second-order valence-electron chi connectivity index (χ2n) is 7.32. The van der Waals surface area contributed by atoms with Gasteiger partial charge in [-0.25, -0.2) is 4.52 Å². The number of pyridine rings is 1. The molecular formula is C21H21N5O. The zero-order chi connectivity index (χ0) is 18.4. The van der Waals surface area contributed by atoms with Gasteiger partial charge in [-0.3, -0.25) is 4.79 Å². The fraction of sp³-hybridized carbons (Fsp3) is 0.333. The third-order valence-electron chi connectivity index (χ3n) is 5.61. The van der Waals surface area contributed by atoms with Crippen molar-refractivity contribution in [3.8, 4) is 11.1 Å². The largest absolute Gasteiger partial charge is 0.310 e. The minimum atomic E-state index is -0.0665. The molecule has 3 aromatic heterocycles. The number of rotatable bonds is 2. The maximum absolute atomic E-state index is 13.1. The van der Waals surface area contributed by atoms with E-state index in [1.54, 1.807) is 4.52 Å². The van der Waals surface area contributed by atoms with E-state index in [4.69, 9.17) is 0 Å². The van der Waals surface area contributed by atoms with Crippen LogP contribution in [0.4, 0.5) is 0 Å². The Balaban J connectivity index is 1.72. The highest BCUT2D eigenvalue weighted by Crippen LogP contribution is 2.29. The summed E-state index contributed by atoms with van der Waals surface area (Å²) in [6.07, 6.45) is 7.63. The molecule has 5 rings (SSSR count). The van der Waals surface area contributed by atoms with Crippen LogP contribution >= 0.6 is 0 Å². The lowest BCUT2D eigenvalue weighted by Gasteiger charge is -2.23. The maximum atomic E-state index is 13.1. The molecule has 6 heteroatoms. The van der Waals surface area contributed by atoms with Gasteiger partial charge in [0.05, 0.1) is 11.3 Å². The molecule has 1 saturated carbocycles. The number of hydrogen-bond donors (Lipinski definition) is 0. The molecule has 0 radical (unpaired) electrons. The van der Waals surface area contributed by atoms with E-state index < -0.39 is 0 Å². The summed E-state index contributed by atoms with van der Waals surface area (Å²) in [4.78, 5) is 13.1. The van der Waals surface area contributed by atoms with E-state index >= 15 is 0 Å². The highest BCUT2D eigenvalue weighted by molar-refractivity contribution is 5.84. The van der Waals surface area contributed by atoms with Crippen molar-refractivity contribution in [1.29, 1.82) is 0 Å². The third kappa shape index (κ3) is 2.55. The number of fused-ring (bicyclic) bond motifs is 3. The standard InChI is InChI=1S/C21H21N5O/c1-14-18(15-8-4-2-5-9-15)20-23-22-19-17(26(20)24-14)12-13-25(21(19)27)16-10-6-3-7-11-16/h2,4-5,8-9,12-13,16H,3,6-7,10-11H2,1H3. The summed E-state index contributed by atoms with van der Waals surface area (Å²) in [5.74, 6) is 0. The Morgan fingerprint density at radius 2 is 1.78 bits per heavy atom. The second-order valence-corrected chi connectivity index (χ2v) is 7.32. The van der Waals surface area contributed by atoms with Crippen LogP contribution in [0.1, 0.15) is 43.8 Å². The Kier molecular flexibility index (Phi) is 3.77. The molecule has 0 amide bonds. The molecule has 1 aliphatic rings. The summed E-state index contributed by atoms with van der Waals surface area (Å²) in [6.45, 7) is 1.96. The molecular weight excluding hydrogens is 338 g/mol. The van der Waals surface area contributed by atoms with Crippen molar-refractivity contribution < 1.29 is 0 Å². The van der Waals surface area contributed by atoms with Crippen LogP contribution in [0.25, 0.3) is 27.8 Å². The van der Waals surface area contributed by atoms with Crippen molar-refractivity contribution in [2.45, 2.75) is 45.1 Å². The van der Waals surface area contributed by atoms with Gasteiger partial charge in [0.25, 0.3) is 5.56 Å². The number of benzene rings is 1. The third-order valence-corrected chi connectivity index (χ3v) is 5.61. The number of aryl methyl sites for hydroxylation is 1. The lowest BCUT2D eigenvalue weighted by Crippen LogP contribution is -2.27. The van der Waals surface area contributed by atoms with E-state index in [1.807, 2.05) is 54.1 Å². The maximum Gasteiger partial charge on any atom is 0.280 e. The van der Waals surface area contributed by atoms with Gasteiger partial charge in [-0.15, -0.1) is 10.2 Å². The quantitative estimate of drug-likeness (QED) is 0.544. The van der Waals surface area contributed by atoms with Crippen LogP contribution in [-0.4, -0.2) is 24.4 Å². The van der Waals surface area contributed by atoms with Gasteiger partial charge in [0.15, 0.2) is 11.2 Å². The van der Waals surface area contributed by atoms with Gasteiger partial charge in [-0.1, -0.05) is 49.6 Å². The van der Waals surface area contributed by atoms with E-state index in [2.05, 4.69) is 15.3 Å². The molecule has 1 aliphatic carbocycles. The Labute approximate surface area is 156 Å². The first kappa shape index (κ1) is 16.2. The highest BCUT2D eigenvalue weighted by atomic mass is 16.1. The highest BCUT2D eigenvalue weighted by Gasteiger charge is 2.20. The van der Waals surface area contributed by atoms with Gasteiger partial charge in [-0.05, 0) is 31.4 Å². The molecule has 0 atom stereocenters. The van der Waals surface area contributed by atoms with Crippen molar-refractivity contribution >= 4 is 16.7 Å². The lowest BCUT2D eigenvalue weighted by atomic mass is 9.95. The topological polar surface area (TPSA) is 65.1 Å². The van der Waals surface area contributed by atoms with Gasteiger partial charge in [-0.2, -0.15) is 5.10 Å². The molecule has 6 nitrogen and oxygen atoms in total. The molecule has 0 unspecified atom stereocenters. The van der Waals surface area contributed by atoms with Crippen LogP contribution in [0, 0.1) is 6.92 Å². The van der Waals surface area contributed by atoms with Gasteiger partial charge < -0.3 is 4.57 Å². The van der Waals surface area contributed by atoms with Crippen LogP contribution in [0.2, 0.25) is 0 Å². The van der Waals surface area contributed by atoms with Gasteiger partial charge in [0.2, 0.25) is 0 Å². The van der Waals surface area contributed by atoms with Gasteiger partial charge in [0.1, 0.15) is 5.52 Å². The van der Waals surface area contributed by atoms with E-state index in [0.717, 1.165) is 29.7 Å². The first-order valence-electron chi connectivity index (χ1n) is 9.56.